The molecule has 21 heavy (non-hydrogen) atoms. The number of rotatable bonds is 3. The molecule has 4 N–H and O–H groups in total. The van der Waals surface area contributed by atoms with Crippen molar-refractivity contribution >= 4 is 28.9 Å². The van der Waals surface area contributed by atoms with Gasteiger partial charge >= 0.3 is 6.18 Å². The number of primary amides is 1. The normalized spacial score (nSPS) is 18.8. The van der Waals surface area contributed by atoms with E-state index in [9.17, 15) is 18.0 Å². The molecule has 1 saturated heterocycles. The summed E-state index contributed by atoms with van der Waals surface area (Å²) in [6.07, 6.45) is -3.50. The molecule has 2 rings (SSSR count). The van der Waals surface area contributed by atoms with Crippen LogP contribution in [-0.4, -0.2) is 28.5 Å². The fraction of sp³-hybridized carbons (Fsp3) is 0.417. The second kappa shape index (κ2) is 5.47. The van der Waals surface area contributed by atoms with Gasteiger partial charge in [-0.05, 0) is 25.0 Å². The van der Waals surface area contributed by atoms with E-state index in [0.29, 0.717) is 19.4 Å². The van der Waals surface area contributed by atoms with Gasteiger partial charge in [0, 0.05) is 6.54 Å². The number of thiocarbonyl (C=S) groups is 1. The molecule has 1 aliphatic rings. The van der Waals surface area contributed by atoms with Crippen molar-refractivity contribution in [1.29, 1.82) is 0 Å². The summed E-state index contributed by atoms with van der Waals surface area (Å²) in [5.41, 5.74) is 9.95. The highest BCUT2D eigenvalue weighted by molar-refractivity contribution is 7.80. The van der Waals surface area contributed by atoms with Gasteiger partial charge < -0.3 is 16.4 Å². The first-order valence-electron chi connectivity index (χ1n) is 6.16. The van der Waals surface area contributed by atoms with Crippen molar-refractivity contribution in [1.82, 2.24) is 4.98 Å². The smallest absolute Gasteiger partial charge is 0.389 e. The number of hydrogen-bond acceptors (Lipinski definition) is 4. The zero-order valence-corrected chi connectivity index (χ0v) is 11.7. The Balaban J connectivity index is 2.53. The molecule has 1 aliphatic heterocycles. The third kappa shape index (κ3) is 3.07. The van der Waals surface area contributed by atoms with Crippen molar-refractivity contribution in [2.24, 2.45) is 11.5 Å². The summed E-state index contributed by atoms with van der Waals surface area (Å²) in [4.78, 5) is 16.4. The van der Waals surface area contributed by atoms with Crippen molar-refractivity contribution in [2.45, 2.75) is 25.1 Å². The molecular formula is C12H13F3N4OS. The molecular weight excluding hydrogens is 305 g/mol. The van der Waals surface area contributed by atoms with E-state index in [1.165, 1.54) is 11.0 Å². The highest BCUT2D eigenvalue weighted by Gasteiger charge is 2.36. The van der Waals surface area contributed by atoms with Gasteiger partial charge in [0.15, 0.2) is 0 Å². The number of carbonyl (C=O) groups is 1. The average molecular weight is 318 g/mol. The summed E-state index contributed by atoms with van der Waals surface area (Å²) in [7, 11) is 0. The Morgan fingerprint density at radius 1 is 1.38 bits per heavy atom. The Morgan fingerprint density at radius 3 is 2.57 bits per heavy atom. The highest BCUT2D eigenvalue weighted by atomic mass is 32.1. The quantitative estimate of drug-likeness (QED) is 0.818. The summed E-state index contributed by atoms with van der Waals surface area (Å²) in [6, 6.07) is 1.28. The predicted octanol–water partition coefficient (Wildman–Crippen LogP) is 1.19. The van der Waals surface area contributed by atoms with Gasteiger partial charge in [0.05, 0.1) is 5.56 Å². The third-order valence-corrected chi connectivity index (χ3v) is 3.50. The standard InChI is InChI=1S/C12H13F3N4OS/c13-12(14,15)8-4-3-6(10(17)21)11(18-8)19-5-1-2-7(19)9(16)20/h3-4,7H,1-2,5H2,(H2,16,20)(H2,17,21). The lowest BCUT2D eigenvalue weighted by molar-refractivity contribution is -0.141. The molecule has 1 aromatic heterocycles. The molecule has 1 fully saturated rings. The first-order chi connectivity index (χ1) is 9.71. The maximum absolute atomic E-state index is 12.8. The van der Waals surface area contributed by atoms with Crippen LogP contribution < -0.4 is 16.4 Å². The van der Waals surface area contributed by atoms with E-state index in [4.69, 9.17) is 23.7 Å². The van der Waals surface area contributed by atoms with E-state index in [1.807, 2.05) is 0 Å². The van der Waals surface area contributed by atoms with Gasteiger partial charge in [-0.2, -0.15) is 13.2 Å². The van der Waals surface area contributed by atoms with Crippen LogP contribution in [0.15, 0.2) is 12.1 Å². The Kier molecular flexibility index (Phi) is 4.04. The van der Waals surface area contributed by atoms with Gasteiger partial charge in [-0.15, -0.1) is 0 Å². The molecule has 1 unspecified atom stereocenters. The van der Waals surface area contributed by atoms with E-state index >= 15 is 0 Å². The Labute approximate surface area is 124 Å². The maximum Gasteiger partial charge on any atom is 0.433 e. The van der Waals surface area contributed by atoms with Crippen LogP contribution in [0, 0.1) is 0 Å². The third-order valence-electron chi connectivity index (χ3n) is 3.28. The monoisotopic (exact) mass is 318 g/mol. The van der Waals surface area contributed by atoms with Gasteiger partial charge in [0.2, 0.25) is 5.91 Å². The second-order valence-corrected chi connectivity index (χ2v) is 5.12. The number of pyridine rings is 1. The molecule has 5 nitrogen and oxygen atoms in total. The number of halogens is 3. The van der Waals surface area contributed by atoms with E-state index in [1.54, 1.807) is 0 Å². The molecule has 0 aliphatic carbocycles. The van der Waals surface area contributed by atoms with Crippen LogP contribution in [-0.2, 0) is 11.0 Å². The number of nitrogens with zero attached hydrogens (tertiary/aromatic N) is 2. The summed E-state index contributed by atoms with van der Waals surface area (Å²) in [5.74, 6) is -0.653. The number of amides is 1. The molecule has 0 saturated carbocycles. The lowest BCUT2D eigenvalue weighted by Crippen LogP contribution is -2.41. The lowest BCUT2D eigenvalue weighted by Gasteiger charge is -2.26. The zero-order valence-electron chi connectivity index (χ0n) is 10.9. The van der Waals surface area contributed by atoms with Crippen LogP contribution in [0.3, 0.4) is 0 Å². The number of anilines is 1. The minimum atomic E-state index is -4.59. The van der Waals surface area contributed by atoms with Crippen LogP contribution in [0.5, 0.6) is 0 Å². The fourth-order valence-corrected chi connectivity index (χ4v) is 2.49. The number of hydrogen-bond donors (Lipinski definition) is 2. The number of alkyl halides is 3. The van der Waals surface area contributed by atoms with Crippen molar-refractivity contribution in [3.63, 3.8) is 0 Å². The molecule has 1 amide bonds. The zero-order chi connectivity index (χ0) is 15.8. The fourth-order valence-electron chi connectivity index (χ4n) is 2.33. The van der Waals surface area contributed by atoms with Gasteiger partial charge in [-0.1, -0.05) is 12.2 Å². The van der Waals surface area contributed by atoms with E-state index in [-0.39, 0.29) is 16.4 Å². The molecule has 114 valence electrons. The summed E-state index contributed by atoms with van der Waals surface area (Å²) in [6.45, 7) is 0.373. The molecule has 2 heterocycles. The molecule has 0 aromatic carbocycles. The second-order valence-electron chi connectivity index (χ2n) is 4.68. The largest absolute Gasteiger partial charge is 0.433 e. The van der Waals surface area contributed by atoms with Crippen LogP contribution in [0.25, 0.3) is 0 Å². The Bertz CT molecular complexity index is 590. The van der Waals surface area contributed by atoms with Crippen molar-refractivity contribution < 1.29 is 18.0 Å². The van der Waals surface area contributed by atoms with Crippen LogP contribution in [0.4, 0.5) is 19.0 Å². The van der Waals surface area contributed by atoms with E-state index in [0.717, 1.165) is 6.07 Å². The molecule has 9 heteroatoms. The minimum absolute atomic E-state index is 0.0429. The van der Waals surface area contributed by atoms with Crippen LogP contribution in [0.2, 0.25) is 0 Å². The van der Waals surface area contributed by atoms with Crippen LogP contribution >= 0.6 is 12.2 Å². The number of carbonyl (C=O) groups excluding carboxylic acids is 1. The SMILES string of the molecule is NC(=O)C1CCCN1c1nc(C(F)(F)F)ccc1C(N)=S. The lowest BCUT2D eigenvalue weighted by atomic mass is 10.1. The van der Waals surface area contributed by atoms with E-state index < -0.39 is 23.8 Å². The average Bonchev–Trinajstić information content (AvgIpc) is 2.85. The van der Waals surface area contributed by atoms with Gasteiger partial charge in [-0.3, -0.25) is 4.79 Å². The van der Waals surface area contributed by atoms with Crippen LogP contribution in [0.1, 0.15) is 24.1 Å². The van der Waals surface area contributed by atoms with Gasteiger partial charge in [0.1, 0.15) is 22.5 Å². The first kappa shape index (κ1) is 15.5. The van der Waals surface area contributed by atoms with Gasteiger partial charge in [0.25, 0.3) is 0 Å². The Hall–Kier alpha value is -1.90. The van der Waals surface area contributed by atoms with Crippen molar-refractivity contribution in [3.8, 4) is 0 Å². The Morgan fingerprint density at radius 2 is 2.05 bits per heavy atom. The first-order valence-corrected chi connectivity index (χ1v) is 6.56. The molecule has 1 aromatic rings. The van der Waals surface area contributed by atoms with E-state index in [2.05, 4.69) is 4.98 Å². The maximum atomic E-state index is 12.8. The summed E-state index contributed by atoms with van der Waals surface area (Å²) < 4.78 is 38.4. The molecule has 0 bridgehead atoms. The summed E-state index contributed by atoms with van der Waals surface area (Å²) >= 11 is 4.84. The molecule has 0 radical (unpaired) electrons. The number of nitrogens with two attached hydrogens (primary N) is 2. The number of aromatic nitrogens is 1. The van der Waals surface area contributed by atoms with Crippen molar-refractivity contribution in [3.05, 3.63) is 23.4 Å². The minimum Gasteiger partial charge on any atom is -0.389 e. The topological polar surface area (TPSA) is 85.2 Å². The van der Waals surface area contributed by atoms with Gasteiger partial charge in [-0.25, -0.2) is 4.98 Å². The molecule has 0 spiro atoms. The predicted molar refractivity (Wildman–Crippen MR) is 74.7 cm³/mol. The van der Waals surface area contributed by atoms with Crippen molar-refractivity contribution in [2.75, 3.05) is 11.4 Å². The highest BCUT2D eigenvalue weighted by Crippen LogP contribution is 2.33. The summed E-state index contributed by atoms with van der Waals surface area (Å²) in [5, 5.41) is 0. The molecule has 1 atom stereocenters.